The van der Waals surface area contributed by atoms with Gasteiger partial charge in [0, 0.05) is 17.0 Å². The van der Waals surface area contributed by atoms with Crippen LogP contribution < -0.4 is 5.32 Å². The summed E-state index contributed by atoms with van der Waals surface area (Å²) in [7, 11) is 0. The van der Waals surface area contributed by atoms with Crippen LogP contribution in [0.4, 0.5) is 5.69 Å². The minimum atomic E-state index is -0.270. The number of phenols is 2. The van der Waals surface area contributed by atoms with Crippen LogP contribution >= 0.6 is 0 Å². The second kappa shape index (κ2) is 6.62. The number of phenolic OH excluding ortho intramolecular Hbond substituents is 2. The molecule has 0 spiro atoms. The van der Waals surface area contributed by atoms with Crippen molar-refractivity contribution in [2.75, 3.05) is 5.32 Å². The van der Waals surface area contributed by atoms with E-state index in [0.29, 0.717) is 6.42 Å². The molecule has 3 rings (SSSR count). The highest BCUT2D eigenvalue weighted by Gasteiger charge is 2.15. The Balaban J connectivity index is 1.75. The van der Waals surface area contributed by atoms with E-state index < -0.39 is 0 Å². The maximum Gasteiger partial charge on any atom is 0.227 e. The number of benzene rings is 3. The summed E-state index contributed by atoms with van der Waals surface area (Å²) in [6.45, 7) is 1.84. The number of hydrogen-bond donors (Lipinski definition) is 3. The van der Waals surface area contributed by atoms with Crippen LogP contribution in [0.2, 0.25) is 0 Å². The van der Waals surface area contributed by atoms with Gasteiger partial charge in [0.05, 0.1) is 0 Å². The van der Waals surface area contributed by atoms with E-state index in [1.165, 1.54) is 12.1 Å². The molecule has 0 aliphatic rings. The quantitative estimate of drug-likeness (QED) is 0.634. The van der Waals surface area contributed by atoms with Gasteiger partial charge in [-0.25, -0.2) is 0 Å². The number of amides is 1. The third-order valence-electron chi connectivity index (χ3n) is 4.08. The Morgan fingerprint density at radius 1 is 1.00 bits per heavy atom. The molecule has 1 unspecified atom stereocenters. The third-order valence-corrected chi connectivity index (χ3v) is 4.08. The maximum atomic E-state index is 12.5. The normalized spacial score (nSPS) is 12.0. The van der Waals surface area contributed by atoms with Gasteiger partial charge in [-0.3, -0.25) is 4.79 Å². The molecule has 0 saturated carbocycles. The first-order valence-electron chi connectivity index (χ1n) is 7.84. The van der Waals surface area contributed by atoms with Crippen LogP contribution in [0.5, 0.6) is 11.5 Å². The summed E-state index contributed by atoms with van der Waals surface area (Å²) in [5.74, 6) is -0.687. The molecule has 0 aliphatic carbocycles. The lowest BCUT2D eigenvalue weighted by atomic mass is 9.99. The van der Waals surface area contributed by atoms with Gasteiger partial charge in [-0.2, -0.15) is 0 Å². The molecule has 0 aliphatic heterocycles. The smallest absolute Gasteiger partial charge is 0.227 e. The lowest BCUT2D eigenvalue weighted by Crippen LogP contribution is -2.22. The molecular weight excluding hydrogens is 302 g/mol. The van der Waals surface area contributed by atoms with E-state index >= 15 is 0 Å². The van der Waals surface area contributed by atoms with Crippen molar-refractivity contribution < 1.29 is 15.0 Å². The topological polar surface area (TPSA) is 69.6 Å². The van der Waals surface area contributed by atoms with Crippen LogP contribution in [0.1, 0.15) is 12.5 Å². The summed E-state index contributed by atoms with van der Waals surface area (Å²) < 4.78 is 0. The molecule has 3 aromatic carbocycles. The molecule has 4 nitrogen and oxygen atoms in total. The van der Waals surface area contributed by atoms with Gasteiger partial charge in [0.2, 0.25) is 5.91 Å². The summed E-state index contributed by atoms with van der Waals surface area (Å²) >= 11 is 0. The first-order chi connectivity index (χ1) is 11.5. The molecule has 4 heteroatoms. The van der Waals surface area contributed by atoms with E-state index in [1.807, 2.05) is 49.4 Å². The van der Waals surface area contributed by atoms with Gasteiger partial charge < -0.3 is 15.5 Å². The van der Waals surface area contributed by atoms with Crippen molar-refractivity contribution in [3.63, 3.8) is 0 Å². The summed E-state index contributed by atoms with van der Waals surface area (Å²) in [6, 6.07) is 18.3. The fraction of sp³-hybridized carbons (Fsp3) is 0.150. The zero-order chi connectivity index (χ0) is 17.1. The van der Waals surface area contributed by atoms with E-state index in [2.05, 4.69) is 5.32 Å². The van der Waals surface area contributed by atoms with E-state index in [4.69, 9.17) is 0 Å². The van der Waals surface area contributed by atoms with Crippen molar-refractivity contribution in [1.29, 1.82) is 0 Å². The van der Waals surface area contributed by atoms with E-state index in [0.717, 1.165) is 22.0 Å². The fourth-order valence-corrected chi connectivity index (χ4v) is 2.73. The molecular formula is C20H19NO3. The Bertz CT molecular complexity index is 884. The number of carbonyl (C=O) groups excluding carboxylic acids is 1. The number of nitrogens with one attached hydrogen (secondary N) is 1. The molecule has 0 bridgehead atoms. The van der Waals surface area contributed by atoms with Gasteiger partial charge in [0.1, 0.15) is 0 Å². The monoisotopic (exact) mass is 321 g/mol. The van der Waals surface area contributed by atoms with Crippen molar-refractivity contribution in [2.45, 2.75) is 13.3 Å². The van der Waals surface area contributed by atoms with Crippen LogP contribution in [-0.2, 0) is 11.2 Å². The Morgan fingerprint density at radius 2 is 1.75 bits per heavy atom. The summed E-state index contributed by atoms with van der Waals surface area (Å²) in [5, 5.41) is 24.0. The average molecular weight is 321 g/mol. The number of aromatic hydroxyl groups is 2. The summed E-state index contributed by atoms with van der Waals surface area (Å²) in [5.41, 5.74) is 1.59. The number of hydrogen-bond acceptors (Lipinski definition) is 3. The van der Waals surface area contributed by atoms with Gasteiger partial charge in [-0.15, -0.1) is 0 Å². The standard InChI is InChI=1S/C20H19NO3/c1-13(11-14-9-10-18(22)19(23)12-14)20(24)21-17-8-4-6-15-5-2-3-7-16(15)17/h2-10,12-13,22-23H,11H2,1H3,(H,21,24). The number of carbonyl (C=O) groups is 1. The van der Waals surface area contributed by atoms with E-state index in [1.54, 1.807) is 6.07 Å². The second-order valence-corrected chi connectivity index (χ2v) is 5.94. The van der Waals surface area contributed by atoms with Gasteiger partial charge in [-0.05, 0) is 35.6 Å². The van der Waals surface area contributed by atoms with Crippen LogP contribution in [-0.4, -0.2) is 16.1 Å². The SMILES string of the molecule is CC(Cc1ccc(O)c(O)c1)C(=O)Nc1cccc2ccccc12. The Morgan fingerprint density at radius 3 is 2.54 bits per heavy atom. The number of anilines is 1. The van der Waals surface area contributed by atoms with Crippen LogP contribution in [0, 0.1) is 5.92 Å². The molecule has 0 saturated heterocycles. The molecule has 24 heavy (non-hydrogen) atoms. The fourth-order valence-electron chi connectivity index (χ4n) is 2.73. The van der Waals surface area contributed by atoms with Gasteiger partial charge in [0.25, 0.3) is 0 Å². The molecule has 0 aromatic heterocycles. The molecule has 122 valence electrons. The second-order valence-electron chi connectivity index (χ2n) is 5.94. The Labute approximate surface area is 140 Å². The zero-order valence-electron chi connectivity index (χ0n) is 13.4. The summed E-state index contributed by atoms with van der Waals surface area (Å²) in [4.78, 5) is 12.5. The van der Waals surface area contributed by atoms with Crippen LogP contribution in [0.15, 0.2) is 60.7 Å². The van der Waals surface area contributed by atoms with Crippen LogP contribution in [0.3, 0.4) is 0 Å². The summed E-state index contributed by atoms with van der Waals surface area (Å²) in [6.07, 6.45) is 0.477. The number of fused-ring (bicyclic) bond motifs is 1. The molecule has 0 fully saturated rings. The molecule has 1 atom stereocenters. The highest BCUT2D eigenvalue weighted by Crippen LogP contribution is 2.27. The van der Waals surface area contributed by atoms with Gasteiger partial charge in [-0.1, -0.05) is 49.4 Å². The molecule has 3 aromatic rings. The predicted octanol–water partition coefficient (Wildman–Crippen LogP) is 4.07. The number of rotatable bonds is 4. The van der Waals surface area contributed by atoms with Crippen molar-refractivity contribution in [3.8, 4) is 11.5 Å². The molecule has 0 radical (unpaired) electrons. The molecule has 3 N–H and O–H groups in total. The zero-order valence-corrected chi connectivity index (χ0v) is 13.4. The lowest BCUT2D eigenvalue weighted by Gasteiger charge is -2.14. The Hall–Kier alpha value is -3.01. The van der Waals surface area contributed by atoms with Crippen molar-refractivity contribution in [3.05, 3.63) is 66.2 Å². The average Bonchev–Trinajstić information content (AvgIpc) is 2.58. The minimum absolute atomic E-state index is 0.0843. The van der Waals surface area contributed by atoms with Crippen molar-refractivity contribution >= 4 is 22.4 Å². The first kappa shape index (κ1) is 15.9. The van der Waals surface area contributed by atoms with Gasteiger partial charge in [0.15, 0.2) is 11.5 Å². The van der Waals surface area contributed by atoms with Gasteiger partial charge >= 0.3 is 0 Å². The van der Waals surface area contributed by atoms with Crippen LogP contribution in [0.25, 0.3) is 10.8 Å². The third kappa shape index (κ3) is 3.33. The lowest BCUT2D eigenvalue weighted by molar-refractivity contribution is -0.119. The largest absolute Gasteiger partial charge is 0.504 e. The van der Waals surface area contributed by atoms with Crippen molar-refractivity contribution in [2.24, 2.45) is 5.92 Å². The highest BCUT2D eigenvalue weighted by molar-refractivity contribution is 6.02. The predicted molar refractivity (Wildman–Crippen MR) is 95.2 cm³/mol. The maximum absolute atomic E-state index is 12.5. The van der Waals surface area contributed by atoms with E-state index in [-0.39, 0.29) is 23.3 Å². The minimum Gasteiger partial charge on any atom is -0.504 e. The molecule has 0 heterocycles. The van der Waals surface area contributed by atoms with Crippen molar-refractivity contribution in [1.82, 2.24) is 0 Å². The van der Waals surface area contributed by atoms with E-state index in [9.17, 15) is 15.0 Å². The highest BCUT2D eigenvalue weighted by atomic mass is 16.3. The Kier molecular flexibility index (Phi) is 4.38. The first-order valence-corrected chi connectivity index (χ1v) is 7.84. The molecule has 1 amide bonds.